The van der Waals surface area contributed by atoms with E-state index in [0.29, 0.717) is 17.7 Å². The first-order valence-corrected chi connectivity index (χ1v) is 6.84. The van der Waals surface area contributed by atoms with Gasteiger partial charge in [-0.05, 0) is 50.6 Å². The average molecular weight is 241 g/mol. The maximum absolute atomic E-state index is 8.43. The summed E-state index contributed by atoms with van der Waals surface area (Å²) in [5, 5.41) is 11.4. The predicted octanol–water partition coefficient (Wildman–Crippen LogP) is 2.42. The van der Waals surface area contributed by atoms with Gasteiger partial charge in [-0.15, -0.1) is 0 Å². The van der Waals surface area contributed by atoms with Crippen LogP contribution in [0.2, 0.25) is 0 Å². The Kier molecular flexibility index (Phi) is 5.75. The molecule has 1 aliphatic heterocycles. The van der Waals surface area contributed by atoms with Crippen LogP contribution in [0.1, 0.15) is 52.4 Å². The van der Waals surface area contributed by atoms with Gasteiger partial charge in [0.05, 0.1) is 0 Å². The van der Waals surface area contributed by atoms with Crippen molar-refractivity contribution in [3.05, 3.63) is 0 Å². The maximum Gasteiger partial charge on any atom is 0.139 e. The van der Waals surface area contributed by atoms with E-state index in [2.05, 4.69) is 23.9 Å². The number of unbranched alkanes of at least 4 members (excludes halogenated alkanes) is 1. The van der Waals surface area contributed by atoms with Crippen molar-refractivity contribution in [3.63, 3.8) is 0 Å². The maximum atomic E-state index is 8.43. The summed E-state index contributed by atoms with van der Waals surface area (Å²) in [4.78, 5) is 2.57. The average Bonchev–Trinajstić information content (AvgIpc) is 2.78. The molecular formula is C13H27N3O. The molecule has 1 fully saturated rings. The lowest BCUT2D eigenvalue weighted by Crippen LogP contribution is -2.27. The van der Waals surface area contributed by atoms with Crippen LogP contribution in [-0.2, 0) is 0 Å². The van der Waals surface area contributed by atoms with Crippen molar-refractivity contribution in [2.45, 2.75) is 52.4 Å². The Bertz CT molecular complexity index is 249. The number of nitrogens with zero attached hydrogens (tertiary/aromatic N) is 2. The van der Waals surface area contributed by atoms with E-state index in [4.69, 9.17) is 10.9 Å². The number of hydrogen-bond donors (Lipinski definition) is 2. The van der Waals surface area contributed by atoms with Crippen LogP contribution in [-0.4, -0.2) is 35.6 Å². The third kappa shape index (κ3) is 4.19. The summed E-state index contributed by atoms with van der Waals surface area (Å²) in [5.41, 5.74) is 6.01. The van der Waals surface area contributed by atoms with E-state index < -0.39 is 0 Å². The Balaban J connectivity index is 2.18. The number of rotatable bonds is 7. The molecule has 1 heterocycles. The van der Waals surface area contributed by atoms with E-state index in [0.717, 1.165) is 19.4 Å². The fourth-order valence-corrected chi connectivity index (χ4v) is 2.74. The van der Waals surface area contributed by atoms with Crippen molar-refractivity contribution in [2.24, 2.45) is 16.3 Å². The lowest BCUT2D eigenvalue weighted by Gasteiger charge is -2.26. The summed E-state index contributed by atoms with van der Waals surface area (Å²) in [6, 6.07) is 0. The normalized spacial score (nSPS) is 20.9. The number of likely N-dealkylation sites (tertiary alicyclic amines) is 1. The molecule has 1 rings (SSSR count). The lowest BCUT2D eigenvalue weighted by molar-refractivity contribution is 0.238. The van der Waals surface area contributed by atoms with Crippen molar-refractivity contribution >= 4 is 5.84 Å². The fraction of sp³-hybridized carbons (Fsp3) is 0.923. The molecule has 0 bridgehead atoms. The molecule has 0 aromatic heterocycles. The van der Waals surface area contributed by atoms with Gasteiger partial charge in [-0.3, -0.25) is 0 Å². The second-order valence-electron chi connectivity index (χ2n) is 5.28. The molecule has 4 heteroatoms. The second-order valence-corrected chi connectivity index (χ2v) is 5.28. The molecule has 0 atom stereocenters. The van der Waals surface area contributed by atoms with Crippen LogP contribution in [0, 0.1) is 5.41 Å². The van der Waals surface area contributed by atoms with Crippen LogP contribution in [0.5, 0.6) is 0 Å². The van der Waals surface area contributed by atoms with Crippen LogP contribution in [0.3, 0.4) is 0 Å². The van der Waals surface area contributed by atoms with Gasteiger partial charge in [0.15, 0.2) is 0 Å². The second kappa shape index (κ2) is 6.84. The fourth-order valence-electron chi connectivity index (χ4n) is 2.74. The van der Waals surface area contributed by atoms with Crippen LogP contribution >= 0.6 is 0 Å². The standard InChI is InChI=1S/C13H27N3O/c1-3-13(4-2)8-10-16(11-13)9-6-5-7-12(14)15-17/h17H,3-11H2,1-2H3,(H2,14,15). The van der Waals surface area contributed by atoms with Gasteiger partial charge in [0.2, 0.25) is 0 Å². The molecule has 17 heavy (non-hydrogen) atoms. The quantitative estimate of drug-likeness (QED) is 0.236. The van der Waals surface area contributed by atoms with Crippen LogP contribution in [0.25, 0.3) is 0 Å². The van der Waals surface area contributed by atoms with E-state index in [1.165, 1.54) is 32.4 Å². The molecule has 0 amide bonds. The summed E-state index contributed by atoms with van der Waals surface area (Å²) >= 11 is 0. The zero-order valence-corrected chi connectivity index (χ0v) is 11.3. The topological polar surface area (TPSA) is 61.8 Å². The number of nitrogens with two attached hydrogens (primary N) is 1. The molecule has 3 N–H and O–H groups in total. The molecule has 0 unspecified atom stereocenters. The molecule has 0 saturated carbocycles. The highest BCUT2D eigenvalue weighted by Gasteiger charge is 2.34. The van der Waals surface area contributed by atoms with Crippen molar-refractivity contribution in [2.75, 3.05) is 19.6 Å². The number of amidine groups is 1. The van der Waals surface area contributed by atoms with E-state index in [9.17, 15) is 0 Å². The van der Waals surface area contributed by atoms with Crippen molar-refractivity contribution < 1.29 is 5.21 Å². The SMILES string of the molecule is CCC1(CC)CCN(CCCCC(N)=NO)C1. The lowest BCUT2D eigenvalue weighted by atomic mass is 9.82. The monoisotopic (exact) mass is 241 g/mol. The molecule has 1 aliphatic rings. The first-order valence-electron chi connectivity index (χ1n) is 6.84. The first kappa shape index (κ1) is 14.3. The van der Waals surface area contributed by atoms with E-state index >= 15 is 0 Å². The Hall–Kier alpha value is -0.770. The minimum atomic E-state index is 0.350. The summed E-state index contributed by atoms with van der Waals surface area (Å²) in [7, 11) is 0. The van der Waals surface area contributed by atoms with Crippen LogP contribution in [0.4, 0.5) is 0 Å². The first-order chi connectivity index (χ1) is 8.15. The Labute approximate surface area is 105 Å². The number of oxime groups is 1. The Morgan fingerprint density at radius 1 is 1.35 bits per heavy atom. The van der Waals surface area contributed by atoms with Gasteiger partial charge in [-0.25, -0.2) is 0 Å². The predicted molar refractivity (Wildman–Crippen MR) is 71.3 cm³/mol. The Morgan fingerprint density at radius 2 is 2.06 bits per heavy atom. The molecule has 0 radical (unpaired) electrons. The van der Waals surface area contributed by atoms with Gasteiger partial charge < -0.3 is 15.8 Å². The highest BCUT2D eigenvalue weighted by Crippen LogP contribution is 2.36. The largest absolute Gasteiger partial charge is 0.409 e. The molecule has 0 aromatic rings. The van der Waals surface area contributed by atoms with Gasteiger partial charge in [-0.2, -0.15) is 0 Å². The molecule has 1 saturated heterocycles. The van der Waals surface area contributed by atoms with Crippen molar-refractivity contribution in [3.8, 4) is 0 Å². The zero-order valence-electron chi connectivity index (χ0n) is 11.3. The summed E-state index contributed by atoms with van der Waals surface area (Å²) in [5.74, 6) is 0.350. The summed E-state index contributed by atoms with van der Waals surface area (Å²) < 4.78 is 0. The molecule has 0 aliphatic carbocycles. The van der Waals surface area contributed by atoms with Gasteiger partial charge in [0, 0.05) is 13.0 Å². The highest BCUT2D eigenvalue weighted by molar-refractivity contribution is 5.79. The van der Waals surface area contributed by atoms with E-state index in [1.54, 1.807) is 0 Å². The highest BCUT2D eigenvalue weighted by atomic mass is 16.4. The van der Waals surface area contributed by atoms with Gasteiger partial charge in [-0.1, -0.05) is 19.0 Å². The van der Waals surface area contributed by atoms with Gasteiger partial charge in [0.25, 0.3) is 0 Å². The van der Waals surface area contributed by atoms with E-state index in [-0.39, 0.29) is 0 Å². The molecule has 4 nitrogen and oxygen atoms in total. The molecule has 0 spiro atoms. The third-order valence-corrected chi connectivity index (χ3v) is 4.30. The van der Waals surface area contributed by atoms with Crippen LogP contribution < -0.4 is 5.73 Å². The number of hydrogen-bond acceptors (Lipinski definition) is 3. The third-order valence-electron chi connectivity index (χ3n) is 4.30. The van der Waals surface area contributed by atoms with Crippen molar-refractivity contribution in [1.82, 2.24) is 4.90 Å². The smallest absolute Gasteiger partial charge is 0.139 e. The van der Waals surface area contributed by atoms with E-state index in [1.807, 2.05) is 0 Å². The zero-order chi connectivity index (χ0) is 12.7. The molecule has 100 valence electrons. The summed E-state index contributed by atoms with van der Waals surface area (Å²) in [6.45, 7) is 8.27. The molecule has 0 aromatic carbocycles. The molecular weight excluding hydrogens is 214 g/mol. The minimum absolute atomic E-state index is 0.350. The van der Waals surface area contributed by atoms with Crippen LogP contribution in [0.15, 0.2) is 5.16 Å². The minimum Gasteiger partial charge on any atom is -0.409 e. The van der Waals surface area contributed by atoms with Crippen molar-refractivity contribution in [1.29, 1.82) is 0 Å². The van der Waals surface area contributed by atoms with Gasteiger partial charge >= 0.3 is 0 Å². The summed E-state index contributed by atoms with van der Waals surface area (Å²) in [6.07, 6.45) is 6.79. The Morgan fingerprint density at radius 3 is 2.59 bits per heavy atom. The van der Waals surface area contributed by atoms with Gasteiger partial charge in [0.1, 0.15) is 5.84 Å².